The lowest BCUT2D eigenvalue weighted by Crippen LogP contribution is -2.57. The van der Waals surface area contributed by atoms with Gasteiger partial charge in [0, 0.05) is 17.9 Å². The average Bonchev–Trinajstić information content (AvgIpc) is 3.13. The van der Waals surface area contributed by atoms with Crippen molar-refractivity contribution in [2.45, 2.75) is 29.9 Å². The van der Waals surface area contributed by atoms with E-state index in [-0.39, 0.29) is 18.1 Å². The largest absolute Gasteiger partial charge is 0.484 e. The molecule has 0 bridgehead atoms. The Morgan fingerprint density at radius 3 is 2.14 bits per heavy atom. The monoisotopic (exact) mass is 714 g/mol. The zero-order chi connectivity index (χ0) is 36.5. The van der Waals surface area contributed by atoms with Crippen molar-refractivity contribution in [3.05, 3.63) is 131 Å². The van der Waals surface area contributed by atoms with Crippen molar-refractivity contribution in [2.24, 2.45) is 0 Å². The number of nitrogens with zero attached hydrogens (tertiary/aromatic N) is 2. The molecule has 0 spiro atoms. The Hall–Kier alpha value is -5.78. The van der Waals surface area contributed by atoms with Gasteiger partial charge < -0.3 is 30.5 Å². The van der Waals surface area contributed by atoms with Gasteiger partial charge in [-0.3, -0.25) is 14.4 Å². The summed E-state index contributed by atoms with van der Waals surface area (Å²) >= 11 is 1.25. The van der Waals surface area contributed by atoms with E-state index in [1.807, 2.05) is 6.07 Å². The molecule has 0 aromatic heterocycles. The quantitative estimate of drug-likeness (QED) is 0.133. The first-order valence-electron chi connectivity index (χ1n) is 15.7. The lowest BCUT2D eigenvalue weighted by atomic mass is 9.92. The lowest BCUT2D eigenvalue weighted by Gasteiger charge is -2.47. The highest BCUT2D eigenvalue weighted by Crippen LogP contribution is 2.46. The first kappa shape index (κ1) is 36.5. The van der Waals surface area contributed by atoms with Gasteiger partial charge in [0.25, 0.3) is 5.91 Å². The number of anilines is 1. The summed E-state index contributed by atoms with van der Waals surface area (Å²) < 4.78 is 32.5. The number of ether oxygens (including phenoxy) is 1. The molecule has 3 amide bonds. The van der Waals surface area contributed by atoms with Crippen LogP contribution in [0, 0.1) is 23.0 Å². The van der Waals surface area contributed by atoms with Gasteiger partial charge >= 0.3 is 5.97 Å². The summed E-state index contributed by atoms with van der Waals surface area (Å²) in [5, 5.41) is 33.3. The number of aliphatic carboxylic acids is 1. The molecule has 51 heavy (non-hydrogen) atoms. The molecule has 1 aliphatic heterocycles. The molecule has 1 unspecified atom stereocenters. The third kappa shape index (κ3) is 9.47. The van der Waals surface area contributed by atoms with Crippen LogP contribution in [0.25, 0.3) is 0 Å². The minimum Gasteiger partial charge on any atom is -0.484 e. The van der Waals surface area contributed by atoms with E-state index in [4.69, 9.17) is 10.00 Å². The van der Waals surface area contributed by atoms with Gasteiger partial charge in [0.1, 0.15) is 28.7 Å². The maximum Gasteiger partial charge on any atom is 0.326 e. The molecule has 5 rings (SSSR count). The Morgan fingerprint density at radius 2 is 1.53 bits per heavy atom. The first-order chi connectivity index (χ1) is 24.5. The SMILES string of the molecule is N#Cc1ccc(C[C@@H](NC(=O)CNC(=O)COc2ccc([C@@H]3[C@@H](SCC(O)c4ccc(F)cc4)C(=O)N3c3ccc(F)cc3)cc2)C(=O)O)cc1. The van der Waals surface area contributed by atoms with E-state index >= 15 is 0 Å². The molecule has 4 aromatic carbocycles. The van der Waals surface area contributed by atoms with Crippen molar-refractivity contribution in [1.29, 1.82) is 5.26 Å². The van der Waals surface area contributed by atoms with Crippen molar-refractivity contribution in [3.63, 3.8) is 0 Å². The Kier molecular flexibility index (Phi) is 12.0. The number of carbonyl (C=O) groups excluding carboxylic acids is 3. The number of β-lactam (4-membered cyclic amide) rings is 1. The maximum absolute atomic E-state index is 13.6. The summed E-state index contributed by atoms with van der Waals surface area (Å²) in [5.41, 5.74) is 2.74. The molecule has 4 aromatic rings. The predicted octanol–water partition coefficient (Wildman–Crippen LogP) is 4.07. The zero-order valence-electron chi connectivity index (χ0n) is 26.9. The molecule has 11 nitrogen and oxygen atoms in total. The Balaban J connectivity index is 1.15. The Bertz CT molecular complexity index is 1900. The second-order valence-electron chi connectivity index (χ2n) is 11.6. The van der Waals surface area contributed by atoms with Crippen LogP contribution >= 0.6 is 11.8 Å². The summed E-state index contributed by atoms with van der Waals surface area (Å²) in [6.07, 6.45) is -0.960. The molecule has 1 heterocycles. The number of amides is 3. The zero-order valence-corrected chi connectivity index (χ0v) is 27.7. The van der Waals surface area contributed by atoms with Crippen LogP contribution in [0.2, 0.25) is 0 Å². The summed E-state index contributed by atoms with van der Waals surface area (Å²) in [6.45, 7) is -0.925. The van der Waals surface area contributed by atoms with Crippen LogP contribution in [-0.4, -0.2) is 64.1 Å². The van der Waals surface area contributed by atoms with Crippen LogP contribution in [0.5, 0.6) is 5.75 Å². The molecule has 0 aliphatic carbocycles. The second kappa shape index (κ2) is 16.8. The topological polar surface area (TPSA) is 169 Å². The van der Waals surface area contributed by atoms with E-state index in [0.29, 0.717) is 28.1 Å². The van der Waals surface area contributed by atoms with Crippen molar-refractivity contribution in [3.8, 4) is 11.8 Å². The number of aliphatic hydroxyl groups is 1. The number of carbonyl (C=O) groups is 4. The van der Waals surface area contributed by atoms with E-state index in [1.165, 1.54) is 65.2 Å². The molecule has 4 N–H and O–H groups in total. The molecule has 262 valence electrons. The third-order valence-corrected chi connectivity index (χ3v) is 9.36. The Morgan fingerprint density at radius 1 is 0.902 bits per heavy atom. The number of hydrogen-bond donors (Lipinski definition) is 4. The standard InChI is InChI=1S/C37H32F2N4O7S/c38-26-9-5-24(6-10-26)31(44)21-51-35-34(43(36(35)47)28-13-11-27(39)12-14-28)25-7-15-29(16-8-25)50-20-33(46)41-19-32(45)42-30(37(48)49)17-22-1-3-23(18-40)4-2-22/h1-16,30-31,34-35,44H,17,19-21H2,(H,41,46)(H,42,45)(H,48,49)/t30-,31?,34-,35-/m1/s1. The average molecular weight is 715 g/mol. The van der Waals surface area contributed by atoms with Gasteiger partial charge in [0.05, 0.1) is 30.3 Å². The van der Waals surface area contributed by atoms with Crippen LogP contribution in [0.3, 0.4) is 0 Å². The van der Waals surface area contributed by atoms with Gasteiger partial charge in [-0.1, -0.05) is 36.4 Å². The van der Waals surface area contributed by atoms with Gasteiger partial charge in [-0.2, -0.15) is 5.26 Å². The van der Waals surface area contributed by atoms with Crippen molar-refractivity contribution >= 4 is 41.1 Å². The van der Waals surface area contributed by atoms with Crippen LogP contribution < -0.4 is 20.3 Å². The van der Waals surface area contributed by atoms with E-state index in [9.17, 15) is 38.2 Å². The maximum atomic E-state index is 13.6. The fourth-order valence-corrected chi connectivity index (χ4v) is 6.65. The highest BCUT2D eigenvalue weighted by Gasteiger charge is 2.49. The minimum atomic E-state index is -1.26. The fraction of sp³-hybridized carbons (Fsp3) is 0.216. The Labute approximate surface area is 295 Å². The third-order valence-electron chi connectivity index (χ3n) is 8.03. The van der Waals surface area contributed by atoms with Gasteiger partial charge in [-0.15, -0.1) is 11.8 Å². The summed E-state index contributed by atoms with van der Waals surface area (Å²) in [6, 6.07) is 24.2. The van der Waals surface area contributed by atoms with E-state index < -0.39 is 66.0 Å². The summed E-state index contributed by atoms with van der Waals surface area (Å²) in [4.78, 5) is 51.3. The van der Waals surface area contributed by atoms with Crippen LogP contribution in [0.1, 0.15) is 34.4 Å². The number of nitriles is 1. The number of aliphatic hydroxyl groups excluding tert-OH is 1. The molecular formula is C37H32F2N4O7S. The number of carboxylic acid groups (broad SMARTS) is 1. The van der Waals surface area contributed by atoms with Crippen LogP contribution in [0.4, 0.5) is 14.5 Å². The predicted molar refractivity (Wildman–Crippen MR) is 184 cm³/mol. The van der Waals surface area contributed by atoms with Gasteiger partial charge in [0.2, 0.25) is 11.8 Å². The van der Waals surface area contributed by atoms with Gasteiger partial charge in [0.15, 0.2) is 6.61 Å². The lowest BCUT2D eigenvalue weighted by molar-refractivity contribution is -0.141. The summed E-state index contributed by atoms with van der Waals surface area (Å²) in [7, 11) is 0. The first-order valence-corrected chi connectivity index (χ1v) is 16.7. The van der Waals surface area contributed by atoms with Crippen molar-refractivity contribution in [1.82, 2.24) is 10.6 Å². The number of nitrogens with one attached hydrogen (secondary N) is 2. The molecule has 14 heteroatoms. The van der Waals surface area contributed by atoms with E-state index in [1.54, 1.807) is 48.5 Å². The fourth-order valence-electron chi connectivity index (χ4n) is 5.35. The summed E-state index contributed by atoms with van der Waals surface area (Å²) in [5.74, 6) is -3.23. The van der Waals surface area contributed by atoms with Gasteiger partial charge in [-0.25, -0.2) is 13.6 Å². The van der Waals surface area contributed by atoms with E-state index in [0.717, 1.165) is 5.56 Å². The number of halogens is 2. The molecule has 0 saturated carbocycles. The molecular weight excluding hydrogens is 682 g/mol. The smallest absolute Gasteiger partial charge is 0.326 e. The van der Waals surface area contributed by atoms with Crippen LogP contribution in [0.15, 0.2) is 97.1 Å². The normalized spacial score (nSPS) is 16.3. The number of thioether (sulfide) groups is 1. The number of rotatable bonds is 15. The molecule has 1 fully saturated rings. The van der Waals surface area contributed by atoms with Gasteiger partial charge in [-0.05, 0) is 77.4 Å². The molecule has 4 atom stereocenters. The van der Waals surface area contributed by atoms with Crippen molar-refractivity contribution < 1.29 is 42.9 Å². The highest BCUT2D eigenvalue weighted by atomic mass is 32.2. The highest BCUT2D eigenvalue weighted by molar-refractivity contribution is 8.00. The van der Waals surface area contributed by atoms with E-state index in [2.05, 4.69) is 10.6 Å². The van der Waals surface area contributed by atoms with Crippen molar-refractivity contribution in [2.75, 3.05) is 23.8 Å². The number of benzene rings is 4. The molecule has 1 aliphatic rings. The minimum absolute atomic E-state index is 0.0199. The second-order valence-corrected chi connectivity index (χ2v) is 12.7. The van der Waals surface area contributed by atoms with Crippen LogP contribution in [-0.2, 0) is 25.6 Å². The molecule has 0 radical (unpaired) electrons. The number of hydrogen-bond acceptors (Lipinski definition) is 8. The molecule has 1 saturated heterocycles. The number of carboxylic acids is 1.